The zero-order chi connectivity index (χ0) is 8.15. The number of rotatable bonds is 1. The van der Waals surface area contributed by atoms with Gasteiger partial charge in [-0.1, -0.05) is 6.92 Å². The fourth-order valence-electron chi connectivity index (χ4n) is 0.404. The number of nitrogens with one attached hydrogen (secondary N) is 1. The number of hydrogen-bond acceptors (Lipinski definition) is 3. The Morgan fingerprint density at radius 2 is 2.10 bits per heavy atom. The van der Waals surface area contributed by atoms with Crippen molar-refractivity contribution in [3.63, 3.8) is 0 Å². The van der Waals surface area contributed by atoms with Gasteiger partial charge in [0.25, 0.3) is 0 Å². The third-order valence-electron chi connectivity index (χ3n) is 1.00. The van der Waals surface area contributed by atoms with Gasteiger partial charge in [-0.3, -0.25) is 4.79 Å². The van der Waals surface area contributed by atoms with Crippen molar-refractivity contribution in [2.75, 3.05) is 7.05 Å². The van der Waals surface area contributed by atoms with Gasteiger partial charge in [0.2, 0.25) is 5.91 Å². The first-order valence-electron chi connectivity index (χ1n) is 2.92. The smallest absolute Gasteiger partial charge is 0.338 e. The minimum Gasteiger partial charge on any atom is -0.340 e. The molecule has 0 saturated heterocycles. The van der Waals surface area contributed by atoms with Crippen LogP contribution in [0.4, 0.5) is 4.79 Å². The molecule has 0 unspecified atom stereocenters. The molecule has 0 rings (SSSR count). The number of imide groups is 1. The van der Waals surface area contributed by atoms with E-state index in [4.69, 9.17) is 5.84 Å². The zero-order valence-corrected chi connectivity index (χ0v) is 6.05. The lowest BCUT2D eigenvalue weighted by molar-refractivity contribution is -0.128. The van der Waals surface area contributed by atoms with Crippen molar-refractivity contribution in [1.82, 2.24) is 10.3 Å². The summed E-state index contributed by atoms with van der Waals surface area (Å²) in [5.74, 6) is 4.65. The van der Waals surface area contributed by atoms with E-state index >= 15 is 0 Å². The van der Waals surface area contributed by atoms with E-state index in [0.29, 0.717) is 5.01 Å². The van der Waals surface area contributed by atoms with Crippen molar-refractivity contribution in [3.8, 4) is 0 Å². The minimum absolute atomic E-state index is 0.226. The Labute approximate surface area is 59.1 Å². The molecule has 0 aliphatic rings. The number of urea groups is 1. The van der Waals surface area contributed by atoms with Crippen LogP contribution in [0, 0.1) is 0 Å². The van der Waals surface area contributed by atoms with Crippen molar-refractivity contribution < 1.29 is 9.59 Å². The van der Waals surface area contributed by atoms with Gasteiger partial charge in [-0.05, 0) is 0 Å². The summed E-state index contributed by atoms with van der Waals surface area (Å²) in [6, 6.07) is -0.591. The summed E-state index contributed by atoms with van der Waals surface area (Å²) in [6.45, 7) is 1.63. The van der Waals surface area contributed by atoms with E-state index in [1.165, 1.54) is 7.05 Å². The topological polar surface area (TPSA) is 75.4 Å². The molecule has 0 atom stereocenters. The third-order valence-corrected chi connectivity index (χ3v) is 1.00. The van der Waals surface area contributed by atoms with Gasteiger partial charge >= 0.3 is 6.03 Å². The lowest BCUT2D eigenvalue weighted by atomic mass is 10.4. The minimum atomic E-state index is -0.591. The molecule has 0 aliphatic carbocycles. The summed E-state index contributed by atoms with van der Waals surface area (Å²) < 4.78 is 0. The quantitative estimate of drug-likeness (QED) is 0.295. The fourth-order valence-corrected chi connectivity index (χ4v) is 0.404. The summed E-state index contributed by atoms with van der Waals surface area (Å²) in [5, 5.41) is 2.78. The van der Waals surface area contributed by atoms with Crippen molar-refractivity contribution in [2.45, 2.75) is 13.3 Å². The Balaban J connectivity index is 3.94. The van der Waals surface area contributed by atoms with Crippen LogP contribution in [0.25, 0.3) is 0 Å². The van der Waals surface area contributed by atoms with Crippen molar-refractivity contribution in [2.24, 2.45) is 5.84 Å². The van der Waals surface area contributed by atoms with Gasteiger partial charge in [-0.25, -0.2) is 10.6 Å². The maximum Gasteiger partial charge on any atom is 0.338 e. The number of hydrazine groups is 1. The van der Waals surface area contributed by atoms with Crippen LogP contribution in [0.2, 0.25) is 0 Å². The van der Waals surface area contributed by atoms with E-state index in [9.17, 15) is 9.59 Å². The van der Waals surface area contributed by atoms with Gasteiger partial charge in [0.15, 0.2) is 0 Å². The maximum absolute atomic E-state index is 10.7. The molecule has 0 aliphatic heterocycles. The summed E-state index contributed by atoms with van der Waals surface area (Å²) in [7, 11) is 1.41. The number of nitrogens with zero attached hydrogens (tertiary/aromatic N) is 1. The van der Waals surface area contributed by atoms with Crippen LogP contribution in [-0.4, -0.2) is 24.0 Å². The molecule has 0 spiro atoms. The molecular weight excluding hydrogens is 134 g/mol. The van der Waals surface area contributed by atoms with Crippen molar-refractivity contribution in [3.05, 3.63) is 0 Å². The first-order chi connectivity index (χ1) is 4.63. The molecule has 3 amide bonds. The molecule has 0 heterocycles. The van der Waals surface area contributed by atoms with Crippen LogP contribution in [0.3, 0.4) is 0 Å². The molecule has 0 aromatic carbocycles. The lowest BCUT2D eigenvalue weighted by Gasteiger charge is -2.11. The van der Waals surface area contributed by atoms with E-state index in [-0.39, 0.29) is 6.42 Å². The molecule has 0 radical (unpaired) electrons. The number of nitrogens with two attached hydrogens (primary N) is 1. The first-order valence-corrected chi connectivity index (χ1v) is 2.92. The molecule has 0 saturated carbocycles. The predicted molar refractivity (Wildman–Crippen MR) is 35.8 cm³/mol. The van der Waals surface area contributed by atoms with Gasteiger partial charge in [0, 0.05) is 13.5 Å². The largest absolute Gasteiger partial charge is 0.340 e. The highest BCUT2D eigenvalue weighted by molar-refractivity contribution is 5.93. The molecule has 58 valence electrons. The SMILES string of the molecule is CCC(=O)N(N)C(=O)NC. The summed E-state index contributed by atoms with van der Waals surface area (Å²) in [4.78, 5) is 21.2. The number of carbonyl (C=O) groups excluding carboxylic acids is 2. The number of hydrogen-bond donors (Lipinski definition) is 2. The second kappa shape index (κ2) is 3.84. The average Bonchev–Trinajstić information content (AvgIpc) is 2.00. The first kappa shape index (κ1) is 8.90. The molecule has 0 aromatic heterocycles. The molecule has 10 heavy (non-hydrogen) atoms. The molecular formula is C5H11N3O2. The van der Waals surface area contributed by atoms with Gasteiger partial charge in [-0.2, -0.15) is 5.01 Å². The van der Waals surface area contributed by atoms with E-state index in [2.05, 4.69) is 5.32 Å². The second-order valence-corrected chi connectivity index (χ2v) is 1.67. The van der Waals surface area contributed by atoms with E-state index < -0.39 is 11.9 Å². The van der Waals surface area contributed by atoms with Crippen molar-refractivity contribution >= 4 is 11.9 Å². The highest BCUT2D eigenvalue weighted by Crippen LogP contribution is 1.85. The summed E-state index contributed by atoms with van der Waals surface area (Å²) >= 11 is 0. The Kier molecular flexibility index (Phi) is 3.42. The highest BCUT2D eigenvalue weighted by atomic mass is 16.2. The zero-order valence-electron chi connectivity index (χ0n) is 6.05. The van der Waals surface area contributed by atoms with E-state index in [0.717, 1.165) is 0 Å². The van der Waals surface area contributed by atoms with Crippen LogP contribution in [0.15, 0.2) is 0 Å². The second-order valence-electron chi connectivity index (χ2n) is 1.67. The lowest BCUT2D eigenvalue weighted by Crippen LogP contribution is -2.46. The molecule has 3 N–H and O–H groups in total. The fraction of sp³-hybridized carbons (Fsp3) is 0.600. The van der Waals surface area contributed by atoms with Crippen molar-refractivity contribution in [1.29, 1.82) is 0 Å². The number of amides is 3. The maximum atomic E-state index is 10.7. The average molecular weight is 145 g/mol. The molecule has 0 fully saturated rings. The van der Waals surface area contributed by atoms with E-state index in [1.54, 1.807) is 6.92 Å². The van der Waals surface area contributed by atoms with Gasteiger partial charge < -0.3 is 5.32 Å². The van der Waals surface area contributed by atoms with Gasteiger partial charge in [0.05, 0.1) is 0 Å². The summed E-state index contributed by atoms with van der Waals surface area (Å²) in [5.41, 5.74) is 0. The van der Waals surface area contributed by atoms with Crippen LogP contribution >= 0.6 is 0 Å². The Morgan fingerprint density at radius 3 is 2.40 bits per heavy atom. The Hall–Kier alpha value is -1.10. The molecule has 5 nitrogen and oxygen atoms in total. The molecule has 5 heteroatoms. The monoisotopic (exact) mass is 145 g/mol. The molecule has 0 aromatic rings. The van der Waals surface area contributed by atoms with Gasteiger partial charge in [-0.15, -0.1) is 0 Å². The van der Waals surface area contributed by atoms with E-state index in [1.807, 2.05) is 0 Å². The van der Waals surface area contributed by atoms with Crippen LogP contribution in [-0.2, 0) is 4.79 Å². The summed E-state index contributed by atoms with van der Waals surface area (Å²) in [6.07, 6.45) is 0.226. The number of carbonyl (C=O) groups is 2. The third kappa shape index (κ3) is 2.02. The van der Waals surface area contributed by atoms with Crippen LogP contribution in [0.1, 0.15) is 13.3 Å². The highest BCUT2D eigenvalue weighted by Gasteiger charge is 2.12. The normalized spacial score (nSPS) is 8.70. The van der Waals surface area contributed by atoms with Gasteiger partial charge in [0.1, 0.15) is 0 Å². The standard InChI is InChI=1S/C5H11N3O2/c1-3-4(9)8(6)5(10)7-2/h3,6H2,1-2H3,(H,7,10). The molecule has 0 bridgehead atoms. The van der Waals surface area contributed by atoms with Crippen LogP contribution in [0.5, 0.6) is 0 Å². The van der Waals surface area contributed by atoms with Crippen LogP contribution < -0.4 is 11.2 Å². The Bertz CT molecular complexity index is 130. The Morgan fingerprint density at radius 1 is 1.60 bits per heavy atom. The predicted octanol–water partition coefficient (Wildman–Crippen LogP) is -0.562.